The molecule has 0 saturated carbocycles. The van der Waals surface area contributed by atoms with Crippen LogP contribution in [0, 0.1) is 0 Å². The molecule has 1 aliphatic rings. The van der Waals surface area contributed by atoms with E-state index in [2.05, 4.69) is 0 Å². The second-order valence-electron chi connectivity index (χ2n) is 4.92. The minimum Gasteiger partial charge on any atom is -0.390 e. The Bertz CT molecular complexity index is 308. The van der Waals surface area contributed by atoms with Gasteiger partial charge in [0.15, 0.2) is 5.78 Å². The molecule has 0 radical (unpaired) electrons. The van der Waals surface area contributed by atoms with E-state index in [1.165, 1.54) is 6.92 Å². The van der Waals surface area contributed by atoms with Gasteiger partial charge in [0.25, 0.3) is 0 Å². The van der Waals surface area contributed by atoms with Gasteiger partial charge >= 0.3 is 0 Å². The average Bonchev–Trinajstić information content (AvgIpc) is 2.40. The van der Waals surface area contributed by atoms with Crippen LogP contribution in [0.4, 0.5) is 0 Å². The van der Waals surface area contributed by atoms with E-state index in [0.717, 1.165) is 0 Å². The van der Waals surface area contributed by atoms with Crippen LogP contribution in [0.15, 0.2) is 0 Å². The molecule has 0 aromatic carbocycles. The average molecular weight is 278 g/mol. The lowest BCUT2D eigenvalue weighted by Gasteiger charge is -2.40. The number of Topliss-reactive ketones (excluding diaryl/α,β-unsaturated/α-hetero) is 1. The minimum absolute atomic E-state index is 0.0873. The van der Waals surface area contributed by atoms with Crippen LogP contribution in [0.5, 0.6) is 0 Å². The quantitative estimate of drug-likeness (QED) is 0.391. The number of aliphatic hydroxyl groups excluding tert-OH is 5. The van der Waals surface area contributed by atoms with Crippen LogP contribution >= 0.6 is 0 Å². The maximum Gasteiger partial charge on any atom is 0.163 e. The highest BCUT2D eigenvalue weighted by Gasteiger charge is 2.43. The summed E-state index contributed by atoms with van der Waals surface area (Å²) in [6.45, 7) is 3.08. The van der Waals surface area contributed by atoms with Crippen LogP contribution < -0.4 is 0 Å². The van der Waals surface area contributed by atoms with Gasteiger partial charge in [0.05, 0.1) is 18.3 Å². The van der Waals surface area contributed by atoms with E-state index >= 15 is 0 Å². The Hall–Kier alpha value is -0.570. The third kappa shape index (κ3) is 3.71. The van der Waals surface area contributed by atoms with Gasteiger partial charge in [0, 0.05) is 12.8 Å². The van der Waals surface area contributed by atoms with Crippen LogP contribution in [0.1, 0.15) is 26.7 Å². The summed E-state index contributed by atoms with van der Waals surface area (Å²) < 4.78 is 5.27. The van der Waals surface area contributed by atoms with Gasteiger partial charge in [0.1, 0.15) is 24.4 Å². The zero-order chi connectivity index (χ0) is 14.7. The smallest absolute Gasteiger partial charge is 0.163 e. The molecule has 1 rings (SSSR count). The van der Waals surface area contributed by atoms with Crippen molar-refractivity contribution in [2.75, 3.05) is 0 Å². The van der Waals surface area contributed by atoms with Crippen LogP contribution in [-0.2, 0) is 9.53 Å². The molecule has 1 fully saturated rings. The van der Waals surface area contributed by atoms with Gasteiger partial charge in [-0.1, -0.05) is 6.92 Å². The van der Waals surface area contributed by atoms with Crippen LogP contribution in [0.25, 0.3) is 0 Å². The zero-order valence-electron chi connectivity index (χ0n) is 11.0. The molecule has 2 unspecified atom stereocenters. The number of aliphatic hydroxyl groups is 5. The molecule has 0 spiro atoms. The Kier molecular flexibility index (Phi) is 5.84. The SMILES string of the molecule is CCC(=O)[C@H](O)[C@@H](O)C[C@@H]1O[C@@H](C)[C@@H](O)C(O)C1O. The monoisotopic (exact) mass is 278 g/mol. The fourth-order valence-corrected chi connectivity index (χ4v) is 2.12. The predicted molar refractivity (Wildman–Crippen MR) is 64.3 cm³/mol. The van der Waals surface area contributed by atoms with Crippen molar-refractivity contribution in [2.45, 2.75) is 69.4 Å². The van der Waals surface area contributed by atoms with E-state index in [9.17, 15) is 30.3 Å². The Labute approximate surface area is 111 Å². The van der Waals surface area contributed by atoms with Gasteiger partial charge in [-0.2, -0.15) is 0 Å². The number of ketones is 1. The van der Waals surface area contributed by atoms with E-state index in [1.807, 2.05) is 0 Å². The van der Waals surface area contributed by atoms with E-state index in [4.69, 9.17) is 4.74 Å². The summed E-state index contributed by atoms with van der Waals surface area (Å²) in [4.78, 5) is 11.3. The lowest BCUT2D eigenvalue weighted by atomic mass is 9.91. The molecule has 0 aromatic heterocycles. The number of rotatable bonds is 5. The van der Waals surface area contributed by atoms with Crippen LogP contribution in [-0.4, -0.2) is 74.0 Å². The summed E-state index contributed by atoms with van der Waals surface area (Å²) in [5.74, 6) is -0.508. The molecular formula is C12H22O7. The summed E-state index contributed by atoms with van der Waals surface area (Å²) in [6.07, 6.45) is -8.71. The lowest BCUT2D eigenvalue weighted by Crippen LogP contribution is -2.57. The molecule has 19 heavy (non-hydrogen) atoms. The summed E-state index contributed by atoms with van der Waals surface area (Å²) in [7, 11) is 0. The van der Waals surface area contributed by atoms with Gasteiger partial charge in [0.2, 0.25) is 0 Å². The molecule has 7 atom stereocenters. The van der Waals surface area contributed by atoms with Crippen LogP contribution in [0.2, 0.25) is 0 Å². The van der Waals surface area contributed by atoms with Crippen molar-refractivity contribution in [1.82, 2.24) is 0 Å². The molecular weight excluding hydrogens is 256 g/mol. The first-order chi connectivity index (χ1) is 8.79. The Morgan fingerprint density at radius 3 is 2.26 bits per heavy atom. The molecule has 5 N–H and O–H groups in total. The number of ether oxygens (including phenoxy) is 1. The first-order valence-corrected chi connectivity index (χ1v) is 6.38. The van der Waals surface area contributed by atoms with Gasteiger partial charge in [-0.15, -0.1) is 0 Å². The maximum atomic E-state index is 11.3. The summed E-state index contributed by atoms with van der Waals surface area (Å²) >= 11 is 0. The van der Waals surface area contributed by atoms with Gasteiger partial charge in [-0.25, -0.2) is 0 Å². The van der Waals surface area contributed by atoms with E-state index in [1.54, 1.807) is 6.92 Å². The van der Waals surface area contributed by atoms with E-state index < -0.39 is 48.5 Å². The van der Waals surface area contributed by atoms with Crippen molar-refractivity contribution in [3.63, 3.8) is 0 Å². The Morgan fingerprint density at radius 2 is 1.74 bits per heavy atom. The molecule has 0 amide bonds. The highest BCUT2D eigenvalue weighted by molar-refractivity contribution is 5.83. The molecule has 1 aliphatic heterocycles. The summed E-state index contributed by atoms with van der Waals surface area (Å²) in [5.41, 5.74) is 0. The zero-order valence-corrected chi connectivity index (χ0v) is 11.0. The highest BCUT2D eigenvalue weighted by Crippen LogP contribution is 2.24. The number of hydrogen-bond acceptors (Lipinski definition) is 7. The van der Waals surface area contributed by atoms with Gasteiger partial charge in [-0.3, -0.25) is 4.79 Å². The largest absolute Gasteiger partial charge is 0.390 e. The summed E-state index contributed by atoms with van der Waals surface area (Å²) in [6, 6.07) is 0. The molecule has 0 aromatic rings. The van der Waals surface area contributed by atoms with Crippen molar-refractivity contribution < 1.29 is 35.1 Å². The van der Waals surface area contributed by atoms with Crippen molar-refractivity contribution in [1.29, 1.82) is 0 Å². The van der Waals surface area contributed by atoms with Crippen molar-refractivity contribution in [3.05, 3.63) is 0 Å². The number of carbonyl (C=O) groups excluding carboxylic acids is 1. The van der Waals surface area contributed by atoms with Crippen molar-refractivity contribution in [3.8, 4) is 0 Å². The first-order valence-electron chi connectivity index (χ1n) is 6.38. The second kappa shape index (κ2) is 6.74. The molecule has 0 bridgehead atoms. The van der Waals surface area contributed by atoms with Gasteiger partial charge < -0.3 is 30.3 Å². The number of carbonyl (C=O) groups is 1. The van der Waals surface area contributed by atoms with Crippen molar-refractivity contribution >= 4 is 5.78 Å². The fourth-order valence-electron chi connectivity index (χ4n) is 2.12. The molecule has 1 saturated heterocycles. The maximum absolute atomic E-state index is 11.3. The first kappa shape index (κ1) is 16.5. The normalized spacial score (nSPS) is 38.8. The number of hydrogen-bond donors (Lipinski definition) is 5. The van der Waals surface area contributed by atoms with Crippen molar-refractivity contribution in [2.24, 2.45) is 0 Å². The predicted octanol–water partition coefficient (Wildman–Crippen LogP) is -2.05. The fraction of sp³-hybridized carbons (Fsp3) is 0.917. The van der Waals surface area contributed by atoms with Gasteiger partial charge in [-0.05, 0) is 6.92 Å². The van der Waals surface area contributed by atoms with E-state index in [0.29, 0.717) is 0 Å². The minimum atomic E-state index is -1.54. The summed E-state index contributed by atoms with van der Waals surface area (Å²) in [5, 5.41) is 48.1. The molecule has 1 heterocycles. The second-order valence-corrected chi connectivity index (χ2v) is 4.92. The Morgan fingerprint density at radius 1 is 1.16 bits per heavy atom. The third-order valence-electron chi connectivity index (χ3n) is 3.47. The Balaban J connectivity index is 2.63. The molecule has 7 nitrogen and oxygen atoms in total. The molecule has 7 heteroatoms. The lowest BCUT2D eigenvalue weighted by molar-refractivity contribution is -0.224. The van der Waals surface area contributed by atoms with Crippen LogP contribution in [0.3, 0.4) is 0 Å². The third-order valence-corrected chi connectivity index (χ3v) is 3.47. The molecule has 112 valence electrons. The highest BCUT2D eigenvalue weighted by atomic mass is 16.5. The standard InChI is InChI=1S/C12H22O7/c1-3-6(13)10(16)7(14)4-8-11(17)12(18)9(15)5(2)19-8/h5,7-12,14-18H,3-4H2,1-2H3/t5-,7-,8-,9+,10-,11?,12?/m0/s1. The topological polar surface area (TPSA) is 127 Å². The van der Waals surface area contributed by atoms with E-state index in [-0.39, 0.29) is 12.8 Å². The molecule has 0 aliphatic carbocycles.